The van der Waals surface area contributed by atoms with E-state index in [4.69, 9.17) is 28.4 Å². The number of carbonyl (C=O) groups excluding carboxylic acids is 2. The monoisotopic (exact) mass is 486 g/mol. The topological polar surface area (TPSA) is 124 Å². The summed E-state index contributed by atoms with van der Waals surface area (Å²) in [5.74, 6) is -6.20. The van der Waals surface area contributed by atoms with Crippen molar-refractivity contribution in [1.29, 1.82) is 0 Å². The van der Waals surface area contributed by atoms with Crippen LogP contribution in [-0.4, -0.2) is 77.8 Å². The van der Waals surface area contributed by atoms with Crippen LogP contribution in [0.3, 0.4) is 0 Å². The predicted molar refractivity (Wildman–Crippen MR) is 114 cm³/mol. The summed E-state index contributed by atoms with van der Waals surface area (Å²) in [4.78, 5) is 25.3. The van der Waals surface area contributed by atoms with Crippen molar-refractivity contribution in [2.45, 2.75) is 56.1 Å². The third kappa shape index (κ3) is 5.22. The molecule has 0 amide bonds. The number of sulfone groups is 1. The number of aryl methyl sites for hydroxylation is 1. The third-order valence-corrected chi connectivity index (χ3v) is 7.67. The minimum absolute atomic E-state index is 0.0485. The van der Waals surface area contributed by atoms with E-state index in [-0.39, 0.29) is 4.90 Å². The normalized spacial score (nSPS) is 27.2. The van der Waals surface area contributed by atoms with Crippen LogP contribution < -0.4 is 0 Å². The van der Waals surface area contributed by atoms with Crippen LogP contribution in [-0.2, 0) is 47.8 Å². The highest BCUT2D eigenvalue weighted by molar-refractivity contribution is 7.91. The molecule has 2 saturated heterocycles. The second-order valence-corrected chi connectivity index (χ2v) is 10.6. The SMILES string of the molecule is COC(=O)C(C(=O)OC)[C@@H](CS(=O)(=O)c1ccc(C)cc1)[C@H]1O[C@@H]2OC(C)(C)O[C@@H]2[C@H]1OC. The van der Waals surface area contributed by atoms with Gasteiger partial charge in [-0.3, -0.25) is 9.59 Å². The van der Waals surface area contributed by atoms with Crippen molar-refractivity contribution in [3.63, 3.8) is 0 Å². The zero-order chi connectivity index (χ0) is 24.6. The van der Waals surface area contributed by atoms with Crippen LogP contribution in [0.4, 0.5) is 0 Å². The fourth-order valence-electron chi connectivity index (χ4n) is 4.29. The number of esters is 2. The van der Waals surface area contributed by atoms with Crippen molar-refractivity contribution in [2.24, 2.45) is 11.8 Å². The largest absolute Gasteiger partial charge is 0.468 e. The summed E-state index contributed by atoms with van der Waals surface area (Å²) in [5.41, 5.74) is 0.885. The van der Waals surface area contributed by atoms with Crippen LogP contribution >= 0.6 is 0 Å². The maximum Gasteiger partial charge on any atom is 0.320 e. The van der Waals surface area contributed by atoms with Crippen LogP contribution in [0.25, 0.3) is 0 Å². The smallest absolute Gasteiger partial charge is 0.320 e. The molecule has 1 aromatic carbocycles. The maximum absolute atomic E-state index is 13.3. The molecule has 33 heavy (non-hydrogen) atoms. The Labute approximate surface area is 193 Å². The molecule has 0 bridgehead atoms. The van der Waals surface area contributed by atoms with Crippen molar-refractivity contribution < 1.29 is 46.4 Å². The van der Waals surface area contributed by atoms with Crippen LogP contribution in [0.1, 0.15) is 19.4 Å². The number of methoxy groups -OCH3 is 3. The molecular weight excluding hydrogens is 456 g/mol. The highest BCUT2D eigenvalue weighted by Gasteiger charge is 2.59. The zero-order valence-corrected chi connectivity index (χ0v) is 20.3. The van der Waals surface area contributed by atoms with Gasteiger partial charge in [0.2, 0.25) is 0 Å². The Balaban J connectivity index is 2.03. The zero-order valence-electron chi connectivity index (χ0n) is 19.5. The van der Waals surface area contributed by atoms with Gasteiger partial charge in [-0.25, -0.2) is 8.42 Å². The third-order valence-electron chi connectivity index (χ3n) is 5.85. The summed E-state index contributed by atoms with van der Waals surface area (Å²) in [5, 5.41) is 0. The number of carbonyl (C=O) groups is 2. The minimum atomic E-state index is -3.95. The molecule has 2 aliphatic heterocycles. The molecule has 0 aromatic heterocycles. The number of fused-ring (bicyclic) bond motifs is 1. The molecule has 0 aliphatic carbocycles. The molecule has 0 N–H and O–H groups in total. The van der Waals surface area contributed by atoms with Gasteiger partial charge in [-0.05, 0) is 32.9 Å². The Morgan fingerprint density at radius 3 is 2.12 bits per heavy atom. The van der Waals surface area contributed by atoms with Gasteiger partial charge in [-0.2, -0.15) is 0 Å². The lowest BCUT2D eigenvalue weighted by molar-refractivity contribution is -0.225. The first kappa shape index (κ1) is 25.6. The van der Waals surface area contributed by atoms with E-state index in [1.54, 1.807) is 26.0 Å². The van der Waals surface area contributed by atoms with E-state index in [1.165, 1.54) is 19.2 Å². The van der Waals surface area contributed by atoms with E-state index in [0.29, 0.717) is 0 Å². The molecule has 2 heterocycles. The Hall–Kier alpha value is -2.05. The molecule has 184 valence electrons. The van der Waals surface area contributed by atoms with Crippen LogP contribution in [0.15, 0.2) is 29.2 Å². The van der Waals surface area contributed by atoms with Gasteiger partial charge in [0.1, 0.15) is 12.2 Å². The average Bonchev–Trinajstić information content (AvgIpc) is 3.23. The summed E-state index contributed by atoms with van der Waals surface area (Å²) >= 11 is 0. The molecule has 0 saturated carbocycles. The summed E-state index contributed by atoms with van der Waals surface area (Å²) in [7, 11) is -0.326. The van der Waals surface area contributed by atoms with Crippen LogP contribution in [0.2, 0.25) is 0 Å². The summed E-state index contributed by atoms with van der Waals surface area (Å²) < 4.78 is 59.5. The molecule has 5 atom stereocenters. The van der Waals surface area contributed by atoms with E-state index in [0.717, 1.165) is 19.8 Å². The van der Waals surface area contributed by atoms with Crippen molar-refractivity contribution in [2.75, 3.05) is 27.1 Å². The first-order chi connectivity index (χ1) is 15.4. The molecule has 0 radical (unpaired) electrons. The molecule has 3 rings (SSSR count). The van der Waals surface area contributed by atoms with Gasteiger partial charge in [0.25, 0.3) is 0 Å². The minimum Gasteiger partial charge on any atom is -0.468 e. The Morgan fingerprint density at radius 1 is 1.03 bits per heavy atom. The van der Waals surface area contributed by atoms with Crippen molar-refractivity contribution in [1.82, 2.24) is 0 Å². The van der Waals surface area contributed by atoms with E-state index in [9.17, 15) is 18.0 Å². The fraction of sp³-hybridized carbons (Fsp3) is 0.636. The first-order valence-corrected chi connectivity index (χ1v) is 12.1. The van der Waals surface area contributed by atoms with Gasteiger partial charge in [-0.15, -0.1) is 0 Å². The Morgan fingerprint density at radius 2 is 1.61 bits per heavy atom. The van der Waals surface area contributed by atoms with Crippen molar-refractivity contribution >= 4 is 21.8 Å². The lowest BCUT2D eigenvalue weighted by Gasteiger charge is -2.32. The molecule has 2 fully saturated rings. The van der Waals surface area contributed by atoms with Gasteiger partial charge in [0.05, 0.1) is 31.0 Å². The number of rotatable bonds is 8. The second kappa shape index (κ2) is 9.67. The molecular formula is C22H30O10S. The van der Waals surface area contributed by atoms with Crippen LogP contribution in [0, 0.1) is 18.8 Å². The molecule has 10 nitrogen and oxygen atoms in total. The fourth-order valence-corrected chi connectivity index (χ4v) is 5.92. The number of hydrogen-bond acceptors (Lipinski definition) is 10. The first-order valence-electron chi connectivity index (χ1n) is 10.4. The number of benzene rings is 1. The lowest BCUT2D eigenvalue weighted by Crippen LogP contribution is -2.48. The van der Waals surface area contributed by atoms with E-state index < -0.39 is 69.8 Å². The van der Waals surface area contributed by atoms with Crippen LogP contribution in [0.5, 0.6) is 0 Å². The standard InChI is InChI=1S/C22H30O10S/c1-12-7-9-13(10-8-12)33(25,26)11-14(15(19(23)28-5)20(24)29-6)16-17(27-4)18-21(30-16)32-22(2,3)31-18/h7-10,14-18,21H,11H2,1-6H3/t14-,16-,17+,18-,21-/m1/s1. The molecule has 1 aromatic rings. The van der Waals surface area contributed by atoms with E-state index in [2.05, 4.69) is 0 Å². The molecule has 0 spiro atoms. The second-order valence-electron chi connectivity index (χ2n) is 8.55. The van der Waals surface area contributed by atoms with Gasteiger partial charge in [-0.1, -0.05) is 17.7 Å². The van der Waals surface area contributed by atoms with Crippen molar-refractivity contribution in [3.8, 4) is 0 Å². The predicted octanol–water partition coefficient (Wildman–Crippen LogP) is 1.24. The summed E-state index contributed by atoms with van der Waals surface area (Å²) in [6, 6.07) is 6.27. The molecule has 2 aliphatic rings. The Bertz CT molecular complexity index is 955. The summed E-state index contributed by atoms with van der Waals surface area (Å²) in [6.45, 7) is 5.25. The average molecular weight is 487 g/mol. The number of hydrogen-bond donors (Lipinski definition) is 0. The maximum atomic E-state index is 13.3. The van der Waals surface area contributed by atoms with E-state index in [1.807, 2.05) is 6.92 Å². The summed E-state index contributed by atoms with van der Waals surface area (Å²) in [6.07, 6.45) is -3.40. The quantitative estimate of drug-likeness (QED) is 0.391. The highest BCUT2D eigenvalue weighted by atomic mass is 32.2. The highest BCUT2D eigenvalue weighted by Crippen LogP contribution is 2.43. The van der Waals surface area contributed by atoms with Gasteiger partial charge in [0.15, 0.2) is 27.8 Å². The van der Waals surface area contributed by atoms with E-state index >= 15 is 0 Å². The van der Waals surface area contributed by atoms with Gasteiger partial charge < -0.3 is 28.4 Å². The van der Waals surface area contributed by atoms with Crippen molar-refractivity contribution in [3.05, 3.63) is 29.8 Å². The molecule has 11 heteroatoms. The Kier molecular flexibility index (Phi) is 7.49. The van der Waals surface area contributed by atoms with Gasteiger partial charge in [0, 0.05) is 13.0 Å². The molecule has 0 unspecified atom stereocenters. The number of ether oxygens (including phenoxy) is 6. The lowest BCUT2D eigenvalue weighted by atomic mass is 9.86. The van der Waals surface area contributed by atoms with Gasteiger partial charge >= 0.3 is 11.9 Å².